The van der Waals surface area contributed by atoms with E-state index in [1.165, 1.54) is 0 Å². The molecule has 2 saturated heterocycles. The molecule has 0 radical (unpaired) electrons. The fourth-order valence-corrected chi connectivity index (χ4v) is 3.42. The first-order valence-electron chi connectivity index (χ1n) is 8.40. The summed E-state index contributed by atoms with van der Waals surface area (Å²) in [6.07, 6.45) is 1.72. The Morgan fingerprint density at radius 2 is 2.24 bits per heavy atom. The van der Waals surface area contributed by atoms with E-state index in [9.17, 15) is 9.59 Å². The summed E-state index contributed by atoms with van der Waals surface area (Å²) in [5, 5.41) is 6.74. The van der Waals surface area contributed by atoms with Crippen LogP contribution in [0.5, 0.6) is 0 Å². The first-order valence-corrected chi connectivity index (χ1v) is 8.40. The molecule has 4 rings (SSSR count). The Morgan fingerprint density at radius 1 is 1.36 bits per heavy atom. The number of nitrogens with one attached hydrogen (secondary N) is 1. The summed E-state index contributed by atoms with van der Waals surface area (Å²) in [5.41, 5.74) is 1.29. The highest BCUT2D eigenvalue weighted by Crippen LogP contribution is 2.32. The van der Waals surface area contributed by atoms with Gasteiger partial charge < -0.3 is 14.7 Å². The highest BCUT2D eigenvalue weighted by Gasteiger charge is 2.34. The molecule has 0 bridgehead atoms. The number of anilines is 1. The zero-order chi connectivity index (χ0) is 17.4. The second-order valence-corrected chi connectivity index (χ2v) is 6.26. The van der Waals surface area contributed by atoms with Crippen molar-refractivity contribution in [2.24, 2.45) is 0 Å². The van der Waals surface area contributed by atoms with E-state index in [0.717, 1.165) is 18.5 Å². The molecule has 1 aromatic heterocycles. The highest BCUT2D eigenvalue weighted by molar-refractivity contribution is 5.98. The number of benzene rings is 1. The minimum atomic E-state index is -0.163. The van der Waals surface area contributed by atoms with Crippen LogP contribution in [0, 0.1) is 6.92 Å². The van der Waals surface area contributed by atoms with Crippen molar-refractivity contribution in [2.45, 2.75) is 25.8 Å². The Morgan fingerprint density at radius 3 is 2.96 bits per heavy atom. The van der Waals surface area contributed by atoms with E-state index < -0.39 is 0 Å². The van der Waals surface area contributed by atoms with Gasteiger partial charge in [0.15, 0.2) is 5.82 Å². The highest BCUT2D eigenvalue weighted by atomic mass is 16.5. The van der Waals surface area contributed by atoms with Gasteiger partial charge in [-0.05, 0) is 31.0 Å². The summed E-state index contributed by atoms with van der Waals surface area (Å²) in [6, 6.07) is 6.89. The number of rotatable bonds is 3. The lowest BCUT2D eigenvalue weighted by Gasteiger charge is -2.23. The molecule has 2 fully saturated rings. The summed E-state index contributed by atoms with van der Waals surface area (Å²) in [5.74, 6) is 0.973. The van der Waals surface area contributed by atoms with Gasteiger partial charge in [0.2, 0.25) is 5.89 Å². The fraction of sp³-hybridized carbons (Fsp3) is 0.412. The van der Waals surface area contributed by atoms with Crippen molar-refractivity contribution < 1.29 is 14.1 Å². The van der Waals surface area contributed by atoms with E-state index in [1.54, 1.807) is 34.9 Å². The van der Waals surface area contributed by atoms with Crippen LogP contribution in [0.25, 0.3) is 0 Å². The maximum Gasteiger partial charge on any atom is 0.321 e. The minimum absolute atomic E-state index is 0.0774. The number of likely N-dealkylation sites (tertiary alicyclic amines) is 1. The molecular formula is C17H19N5O3. The standard InChI is InChI=1S/C17H19N5O3/c1-11-19-15(20-25-11)14-6-3-8-22(14)16(23)12-4-2-5-13(10-12)21-9-7-18-17(21)24/h2,4-5,10,14H,3,6-9H2,1H3,(H,18,24)/t14-/m0/s1. The Hall–Kier alpha value is -2.90. The molecule has 8 nitrogen and oxygen atoms in total. The van der Waals surface area contributed by atoms with Crippen molar-refractivity contribution in [3.05, 3.63) is 41.5 Å². The summed E-state index contributed by atoms with van der Waals surface area (Å²) < 4.78 is 5.06. The number of urea groups is 1. The zero-order valence-corrected chi connectivity index (χ0v) is 13.9. The van der Waals surface area contributed by atoms with Crippen LogP contribution in [0.15, 0.2) is 28.8 Å². The Labute approximate surface area is 144 Å². The van der Waals surface area contributed by atoms with Crippen LogP contribution in [-0.2, 0) is 0 Å². The van der Waals surface area contributed by atoms with E-state index in [4.69, 9.17) is 4.52 Å². The van der Waals surface area contributed by atoms with Gasteiger partial charge in [0.05, 0.1) is 6.04 Å². The minimum Gasteiger partial charge on any atom is -0.340 e. The normalized spacial score (nSPS) is 20.2. The zero-order valence-electron chi connectivity index (χ0n) is 13.9. The van der Waals surface area contributed by atoms with Crippen LogP contribution >= 0.6 is 0 Å². The number of aromatic nitrogens is 2. The smallest absolute Gasteiger partial charge is 0.321 e. The Kier molecular flexibility index (Phi) is 3.87. The molecule has 8 heteroatoms. The molecule has 2 aliphatic rings. The van der Waals surface area contributed by atoms with Crippen LogP contribution in [0.4, 0.5) is 10.5 Å². The second-order valence-electron chi connectivity index (χ2n) is 6.26. The van der Waals surface area contributed by atoms with Crippen LogP contribution in [0.1, 0.15) is 41.0 Å². The number of aryl methyl sites for hydroxylation is 1. The Bertz CT molecular complexity index is 818. The molecule has 130 valence electrons. The molecule has 0 saturated carbocycles. The van der Waals surface area contributed by atoms with Gasteiger partial charge in [-0.25, -0.2) is 4.79 Å². The molecular weight excluding hydrogens is 322 g/mol. The third-order valence-electron chi connectivity index (χ3n) is 4.62. The first kappa shape index (κ1) is 15.6. The van der Waals surface area contributed by atoms with Crippen molar-refractivity contribution in [2.75, 3.05) is 24.5 Å². The quantitative estimate of drug-likeness (QED) is 0.920. The van der Waals surface area contributed by atoms with Gasteiger partial charge in [-0.15, -0.1) is 0 Å². The predicted octanol–water partition coefficient (Wildman–Crippen LogP) is 1.88. The van der Waals surface area contributed by atoms with Crippen LogP contribution in [0.2, 0.25) is 0 Å². The molecule has 0 unspecified atom stereocenters. The molecule has 3 heterocycles. The van der Waals surface area contributed by atoms with Crippen molar-refractivity contribution in [3.8, 4) is 0 Å². The maximum atomic E-state index is 13.0. The Balaban J connectivity index is 1.59. The van der Waals surface area contributed by atoms with Gasteiger partial charge >= 0.3 is 6.03 Å². The lowest BCUT2D eigenvalue weighted by molar-refractivity contribution is 0.0728. The number of hydrogen-bond donors (Lipinski definition) is 1. The average Bonchev–Trinajstić information content (AvgIpc) is 3.34. The van der Waals surface area contributed by atoms with Crippen LogP contribution < -0.4 is 10.2 Å². The number of hydrogen-bond acceptors (Lipinski definition) is 5. The SMILES string of the molecule is Cc1nc([C@@H]2CCCN2C(=O)c2cccc(N3CCNC3=O)c2)no1. The van der Waals surface area contributed by atoms with Gasteiger partial charge in [0.1, 0.15) is 0 Å². The van der Waals surface area contributed by atoms with E-state index in [2.05, 4.69) is 15.5 Å². The van der Waals surface area contributed by atoms with Gasteiger partial charge in [-0.1, -0.05) is 11.2 Å². The molecule has 2 aliphatic heterocycles. The summed E-state index contributed by atoms with van der Waals surface area (Å²) in [4.78, 5) is 32.6. The average molecular weight is 341 g/mol. The van der Waals surface area contributed by atoms with Crippen LogP contribution in [0.3, 0.4) is 0 Å². The largest absolute Gasteiger partial charge is 0.340 e. The third-order valence-corrected chi connectivity index (χ3v) is 4.62. The van der Waals surface area contributed by atoms with Gasteiger partial charge in [-0.3, -0.25) is 9.69 Å². The lowest BCUT2D eigenvalue weighted by atomic mass is 10.1. The number of carbonyl (C=O) groups excluding carboxylic acids is 2. The molecule has 1 atom stereocenters. The van der Waals surface area contributed by atoms with Crippen molar-refractivity contribution in [3.63, 3.8) is 0 Å². The van der Waals surface area contributed by atoms with Gasteiger partial charge in [-0.2, -0.15) is 4.98 Å². The maximum absolute atomic E-state index is 13.0. The molecule has 25 heavy (non-hydrogen) atoms. The van der Waals surface area contributed by atoms with E-state index in [-0.39, 0.29) is 18.0 Å². The lowest BCUT2D eigenvalue weighted by Crippen LogP contribution is -2.32. The summed E-state index contributed by atoms with van der Waals surface area (Å²) >= 11 is 0. The van der Waals surface area contributed by atoms with Crippen LogP contribution in [-0.4, -0.2) is 46.6 Å². The van der Waals surface area contributed by atoms with Crippen molar-refractivity contribution in [1.29, 1.82) is 0 Å². The molecule has 2 aromatic rings. The second kappa shape index (κ2) is 6.19. The molecule has 1 N–H and O–H groups in total. The van der Waals surface area contributed by atoms with E-state index in [0.29, 0.717) is 36.9 Å². The topological polar surface area (TPSA) is 91.6 Å². The summed E-state index contributed by atoms with van der Waals surface area (Å²) in [7, 11) is 0. The van der Waals surface area contributed by atoms with Crippen molar-refractivity contribution >= 4 is 17.6 Å². The fourth-order valence-electron chi connectivity index (χ4n) is 3.42. The predicted molar refractivity (Wildman–Crippen MR) is 89.2 cm³/mol. The van der Waals surface area contributed by atoms with Gasteiger partial charge in [0, 0.05) is 37.8 Å². The molecule has 1 aromatic carbocycles. The third kappa shape index (κ3) is 2.84. The molecule has 3 amide bonds. The van der Waals surface area contributed by atoms with E-state index >= 15 is 0 Å². The van der Waals surface area contributed by atoms with Crippen molar-refractivity contribution in [1.82, 2.24) is 20.4 Å². The van der Waals surface area contributed by atoms with Gasteiger partial charge in [0.25, 0.3) is 5.91 Å². The van der Waals surface area contributed by atoms with E-state index in [1.807, 2.05) is 6.07 Å². The summed E-state index contributed by atoms with van der Waals surface area (Å²) in [6.45, 7) is 3.61. The number of amides is 3. The number of nitrogens with zero attached hydrogens (tertiary/aromatic N) is 4. The first-order chi connectivity index (χ1) is 12.1. The molecule has 0 spiro atoms. The molecule has 0 aliphatic carbocycles. The number of carbonyl (C=O) groups is 2. The monoisotopic (exact) mass is 341 g/mol.